The summed E-state index contributed by atoms with van der Waals surface area (Å²) in [6.07, 6.45) is 1.63. The van der Waals surface area contributed by atoms with Crippen LogP contribution in [0.25, 0.3) is 4.85 Å². The van der Waals surface area contributed by atoms with Gasteiger partial charge in [0.1, 0.15) is 5.82 Å². The number of pyridine rings is 1. The Kier molecular flexibility index (Phi) is 4.35. The molecular formula is C10H13ClN4. The molecule has 0 amide bonds. The van der Waals surface area contributed by atoms with Crippen molar-refractivity contribution in [2.75, 3.05) is 31.1 Å². The topological polar surface area (TPSA) is 32.5 Å². The van der Waals surface area contributed by atoms with E-state index in [4.69, 9.17) is 6.57 Å². The normalized spacial score (nSPS) is 15.3. The third-order valence-corrected chi connectivity index (χ3v) is 2.30. The maximum Gasteiger partial charge on any atom is 0.205 e. The monoisotopic (exact) mass is 224 g/mol. The van der Waals surface area contributed by atoms with Crippen LogP contribution < -0.4 is 10.2 Å². The van der Waals surface area contributed by atoms with Crippen molar-refractivity contribution in [2.24, 2.45) is 0 Å². The lowest BCUT2D eigenvalue weighted by Crippen LogP contribution is -2.43. The quantitative estimate of drug-likeness (QED) is 0.734. The van der Waals surface area contributed by atoms with Crippen LogP contribution in [0.2, 0.25) is 0 Å². The van der Waals surface area contributed by atoms with Crippen molar-refractivity contribution in [3.8, 4) is 0 Å². The molecule has 0 saturated carbocycles. The number of rotatable bonds is 1. The molecule has 2 rings (SSSR count). The molecule has 2 heterocycles. The summed E-state index contributed by atoms with van der Waals surface area (Å²) < 4.78 is 0. The molecule has 0 aliphatic carbocycles. The number of halogens is 1. The molecule has 1 aromatic heterocycles. The predicted octanol–water partition coefficient (Wildman–Crippen LogP) is 1.46. The first-order valence-electron chi connectivity index (χ1n) is 4.69. The van der Waals surface area contributed by atoms with Gasteiger partial charge < -0.3 is 10.2 Å². The van der Waals surface area contributed by atoms with E-state index in [-0.39, 0.29) is 12.4 Å². The highest BCUT2D eigenvalue weighted by molar-refractivity contribution is 5.85. The van der Waals surface area contributed by atoms with Crippen molar-refractivity contribution in [3.63, 3.8) is 0 Å². The van der Waals surface area contributed by atoms with Crippen molar-refractivity contribution in [3.05, 3.63) is 29.7 Å². The molecule has 0 bridgehead atoms. The number of aromatic nitrogens is 1. The zero-order chi connectivity index (χ0) is 9.80. The van der Waals surface area contributed by atoms with Gasteiger partial charge in [0.15, 0.2) is 0 Å². The van der Waals surface area contributed by atoms with Gasteiger partial charge in [-0.2, -0.15) is 0 Å². The van der Waals surface area contributed by atoms with E-state index in [1.807, 2.05) is 12.1 Å². The third kappa shape index (κ3) is 2.82. The Hall–Kier alpha value is -1.31. The lowest BCUT2D eigenvalue weighted by Gasteiger charge is -2.28. The highest BCUT2D eigenvalue weighted by Crippen LogP contribution is 2.16. The molecule has 1 fully saturated rings. The minimum atomic E-state index is 0. The van der Waals surface area contributed by atoms with E-state index in [1.165, 1.54) is 0 Å². The van der Waals surface area contributed by atoms with Gasteiger partial charge in [-0.15, -0.1) is 12.4 Å². The molecule has 0 radical (unpaired) electrons. The molecule has 0 unspecified atom stereocenters. The number of hydrogen-bond donors (Lipinski definition) is 1. The van der Waals surface area contributed by atoms with E-state index in [9.17, 15) is 0 Å². The van der Waals surface area contributed by atoms with Crippen LogP contribution in [-0.2, 0) is 0 Å². The molecule has 1 saturated heterocycles. The maximum atomic E-state index is 6.82. The van der Waals surface area contributed by atoms with Gasteiger partial charge in [-0.1, -0.05) is 6.07 Å². The molecule has 15 heavy (non-hydrogen) atoms. The van der Waals surface area contributed by atoms with Crippen LogP contribution in [0.5, 0.6) is 0 Å². The van der Waals surface area contributed by atoms with E-state index in [0.717, 1.165) is 32.0 Å². The first-order valence-corrected chi connectivity index (χ1v) is 4.69. The molecule has 1 aromatic rings. The van der Waals surface area contributed by atoms with Gasteiger partial charge in [0.2, 0.25) is 5.69 Å². The fourth-order valence-corrected chi connectivity index (χ4v) is 1.53. The number of piperazine rings is 1. The molecule has 5 heteroatoms. The number of anilines is 1. The second-order valence-electron chi connectivity index (χ2n) is 3.22. The summed E-state index contributed by atoms with van der Waals surface area (Å²) in [5.74, 6) is 0.971. The van der Waals surface area contributed by atoms with E-state index in [0.29, 0.717) is 5.69 Å². The van der Waals surface area contributed by atoms with Crippen LogP contribution in [0, 0.1) is 6.57 Å². The van der Waals surface area contributed by atoms with Gasteiger partial charge in [0.25, 0.3) is 0 Å². The van der Waals surface area contributed by atoms with E-state index >= 15 is 0 Å². The third-order valence-electron chi connectivity index (χ3n) is 2.30. The number of hydrogen-bond acceptors (Lipinski definition) is 3. The van der Waals surface area contributed by atoms with Gasteiger partial charge in [0, 0.05) is 32.4 Å². The van der Waals surface area contributed by atoms with Gasteiger partial charge in [-0.05, 0) is 6.07 Å². The maximum absolute atomic E-state index is 6.82. The molecular weight excluding hydrogens is 212 g/mol. The van der Waals surface area contributed by atoms with Gasteiger partial charge >= 0.3 is 0 Å². The van der Waals surface area contributed by atoms with Gasteiger partial charge in [-0.3, -0.25) is 4.98 Å². The molecule has 80 valence electrons. The van der Waals surface area contributed by atoms with Crippen LogP contribution in [0.1, 0.15) is 0 Å². The fourth-order valence-electron chi connectivity index (χ4n) is 1.53. The molecule has 0 atom stereocenters. The number of nitrogens with one attached hydrogen (secondary N) is 1. The highest BCUT2D eigenvalue weighted by Gasteiger charge is 2.10. The summed E-state index contributed by atoms with van der Waals surface area (Å²) in [4.78, 5) is 9.80. The van der Waals surface area contributed by atoms with E-state index in [1.54, 1.807) is 6.20 Å². The first kappa shape index (κ1) is 11.8. The summed E-state index contributed by atoms with van der Waals surface area (Å²) in [5.41, 5.74) is 0.601. The molecule has 1 aliphatic heterocycles. The Morgan fingerprint density at radius 3 is 2.60 bits per heavy atom. The van der Waals surface area contributed by atoms with Crippen LogP contribution >= 0.6 is 12.4 Å². The molecule has 1 aliphatic rings. The fraction of sp³-hybridized carbons (Fsp3) is 0.400. The average Bonchev–Trinajstić information content (AvgIpc) is 2.30. The van der Waals surface area contributed by atoms with Crippen LogP contribution in [0.4, 0.5) is 11.5 Å². The molecule has 0 spiro atoms. The summed E-state index contributed by atoms with van der Waals surface area (Å²) in [5, 5.41) is 3.29. The summed E-state index contributed by atoms with van der Waals surface area (Å²) in [6, 6.07) is 3.73. The van der Waals surface area contributed by atoms with E-state index < -0.39 is 0 Å². The van der Waals surface area contributed by atoms with Crippen molar-refractivity contribution in [1.82, 2.24) is 10.3 Å². The zero-order valence-corrected chi connectivity index (χ0v) is 9.13. The summed E-state index contributed by atoms with van der Waals surface area (Å²) in [7, 11) is 0. The zero-order valence-electron chi connectivity index (χ0n) is 8.31. The minimum absolute atomic E-state index is 0. The van der Waals surface area contributed by atoms with Crippen molar-refractivity contribution < 1.29 is 0 Å². The second-order valence-corrected chi connectivity index (χ2v) is 3.22. The predicted molar refractivity (Wildman–Crippen MR) is 62.8 cm³/mol. The smallest absolute Gasteiger partial charge is 0.205 e. The lowest BCUT2D eigenvalue weighted by molar-refractivity contribution is 0.585. The Bertz CT molecular complexity index is 337. The molecule has 0 aromatic carbocycles. The van der Waals surface area contributed by atoms with Crippen LogP contribution in [0.15, 0.2) is 18.3 Å². The van der Waals surface area contributed by atoms with Gasteiger partial charge in [-0.25, -0.2) is 4.85 Å². The molecule has 1 N–H and O–H groups in total. The van der Waals surface area contributed by atoms with E-state index in [2.05, 4.69) is 20.0 Å². The molecule has 4 nitrogen and oxygen atoms in total. The van der Waals surface area contributed by atoms with Crippen molar-refractivity contribution >= 4 is 23.9 Å². The minimum Gasteiger partial charge on any atom is -0.354 e. The van der Waals surface area contributed by atoms with Crippen molar-refractivity contribution in [1.29, 1.82) is 0 Å². The summed E-state index contributed by atoms with van der Waals surface area (Å²) >= 11 is 0. The second kappa shape index (κ2) is 5.54. The summed E-state index contributed by atoms with van der Waals surface area (Å²) in [6.45, 7) is 10.8. The first-order chi connectivity index (χ1) is 6.90. The van der Waals surface area contributed by atoms with Gasteiger partial charge in [0.05, 0.1) is 6.57 Å². The average molecular weight is 225 g/mol. The Morgan fingerprint density at radius 2 is 2.07 bits per heavy atom. The Balaban J connectivity index is 0.00000112. The van der Waals surface area contributed by atoms with Crippen molar-refractivity contribution in [2.45, 2.75) is 0 Å². The Morgan fingerprint density at radius 1 is 1.33 bits per heavy atom. The lowest BCUT2D eigenvalue weighted by atomic mass is 10.3. The standard InChI is InChI=1S/C10H12N4.ClH/c1-11-9-2-3-10(13-8-9)14-6-4-12-5-7-14;/h2-3,8,12H,4-7H2;1H. The Labute approximate surface area is 95.5 Å². The largest absolute Gasteiger partial charge is 0.354 e. The SMILES string of the molecule is Cl.[C-]#[N+]c1ccc(N2CCNCC2)nc1. The highest BCUT2D eigenvalue weighted by atomic mass is 35.5. The number of nitrogens with zero attached hydrogens (tertiary/aromatic N) is 3. The van der Waals surface area contributed by atoms with Crippen LogP contribution in [-0.4, -0.2) is 31.2 Å². The van der Waals surface area contributed by atoms with Crippen LogP contribution in [0.3, 0.4) is 0 Å².